The molecule has 2 aliphatic rings. The summed E-state index contributed by atoms with van der Waals surface area (Å²) in [5.74, 6) is -0.428. The standard InChI is InChI=1S/C37H56O7Si2/c1-34(2,3)45(10,11)44-29-25-36(7,39)31(24-32-37(8,43-32)23-22-33(38)40-9)42-30(29)26-41-46(35(4,5)6,27-18-14-12-15-19-27)28-20-16-13-17-21-28/h12-23,29-32,39H,24-26H2,1-11H3/b23-22+/t29-,30+,31-,32+,36+,37+/m0/s1. The molecule has 0 radical (unpaired) electrons. The molecule has 2 saturated heterocycles. The smallest absolute Gasteiger partial charge is 0.330 e. The van der Waals surface area contributed by atoms with Crippen molar-refractivity contribution in [1.82, 2.24) is 0 Å². The van der Waals surface area contributed by atoms with Crippen molar-refractivity contribution in [1.29, 1.82) is 0 Å². The van der Waals surface area contributed by atoms with Crippen LogP contribution in [-0.4, -0.2) is 77.0 Å². The molecular weight excluding hydrogens is 613 g/mol. The fourth-order valence-corrected chi connectivity index (χ4v) is 12.3. The normalized spacial score (nSPS) is 29.1. The van der Waals surface area contributed by atoms with Crippen LogP contribution in [0.3, 0.4) is 0 Å². The molecular formula is C37H56O7Si2. The Kier molecular flexibility index (Phi) is 10.7. The van der Waals surface area contributed by atoms with Crippen LogP contribution < -0.4 is 10.4 Å². The highest BCUT2D eigenvalue weighted by molar-refractivity contribution is 6.99. The summed E-state index contributed by atoms with van der Waals surface area (Å²) < 4.78 is 32.1. The molecule has 2 aromatic carbocycles. The van der Waals surface area contributed by atoms with Gasteiger partial charge in [-0.2, -0.15) is 0 Å². The van der Waals surface area contributed by atoms with Crippen LogP contribution in [0.2, 0.25) is 23.2 Å². The summed E-state index contributed by atoms with van der Waals surface area (Å²) in [6.45, 7) is 22.1. The molecule has 46 heavy (non-hydrogen) atoms. The molecule has 254 valence electrons. The average Bonchev–Trinajstić information content (AvgIpc) is 3.62. The van der Waals surface area contributed by atoms with Gasteiger partial charge in [-0.05, 0) is 53.5 Å². The molecule has 0 saturated carbocycles. The number of hydrogen-bond donors (Lipinski definition) is 1. The van der Waals surface area contributed by atoms with E-state index in [0.717, 1.165) is 0 Å². The van der Waals surface area contributed by atoms with Crippen LogP contribution in [0.15, 0.2) is 72.8 Å². The van der Waals surface area contributed by atoms with Gasteiger partial charge in [0.05, 0.1) is 37.6 Å². The number of methoxy groups -OCH3 is 1. The Bertz CT molecular complexity index is 1310. The monoisotopic (exact) mass is 668 g/mol. The molecule has 0 aliphatic carbocycles. The van der Waals surface area contributed by atoms with E-state index in [9.17, 15) is 9.90 Å². The molecule has 0 amide bonds. The maximum atomic E-state index is 11.9. The summed E-state index contributed by atoms with van der Waals surface area (Å²) in [6, 6.07) is 21.2. The summed E-state index contributed by atoms with van der Waals surface area (Å²) in [5.41, 5.74) is -1.77. The molecule has 2 aliphatic heterocycles. The molecule has 2 aromatic rings. The van der Waals surface area contributed by atoms with Gasteiger partial charge in [0.2, 0.25) is 0 Å². The summed E-state index contributed by atoms with van der Waals surface area (Å²) in [6.07, 6.45) is 2.53. The molecule has 1 N–H and O–H groups in total. The van der Waals surface area contributed by atoms with Gasteiger partial charge in [0.25, 0.3) is 8.32 Å². The van der Waals surface area contributed by atoms with Gasteiger partial charge in [-0.15, -0.1) is 0 Å². The molecule has 4 rings (SSSR count). The van der Waals surface area contributed by atoms with Crippen LogP contribution >= 0.6 is 0 Å². The van der Waals surface area contributed by atoms with Gasteiger partial charge in [-0.25, -0.2) is 4.79 Å². The van der Waals surface area contributed by atoms with Crippen LogP contribution in [0, 0.1) is 0 Å². The topological polar surface area (TPSA) is 86.8 Å². The zero-order valence-electron chi connectivity index (χ0n) is 29.8. The summed E-state index contributed by atoms with van der Waals surface area (Å²) in [7, 11) is -3.74. The average molecular weight is 669 g/mol. The van der Waals surface area contributed by atoms with Crippen molar-refractivity contribution in [3.63, 3.8) is 0 Å². The second-order valence-corrected chi connectivity index (χ2v) is 25.1. The number of epoxide rings is 1. The Morgan fingerprint density at radius 3 is 1.96 bits per heavy atom. The number of carbonyl (C=O) groups is 1. The van der Waals surface area contributed by atoms with E-state index in [2.05, 4.69) is 103 Å². The number of hydrogen-bond acceptors (Lipinski definition) is 7. The lowest BCUT2D eigenvalue weighted by molar-refractivity contribution is -0.214. The third-order valence-corrected chi connectivity index (χ3v) is 19.9. The maximum absolute atomic E-state index is 11.9. The van der Waals surface area contributed by atoms with Crippen molar-refractivity contribution in [2.45, 2.75) is 127 Å². The van der Waals surface area contributed by atoms with E-state index < -0.39 is 46.0 Å². The minimum absolute atomic E-state index is 0.0191. The third kappa shape index (κ3) is 7.78. The zero-order valence-corrected chi connectivity index (χ0v) is 31.8. The molecule has 0 bridgehead atoms. The Morgan fingerprint density at radius 2 is 1.48 bits per heavy atom. The van der Waals surface area contributed by atoms with E-state index in [1.807, 2.05) is 26.0 Å². The minimum atomic E-state index is -2.85. The second kappa shape index (κ2) is 13.4. The number of esters is 1. The van der Waals surface area contributed by atoms with E-state index in [4.69, 9.17) is 23.1 Å². The molecule has 6 atom stereocenters. The maximum Gasteiger partial charge on any atom is 0.330 e. The highest BCUT2D eigenvalue weighted by atomic mass is 28.4. The Labute approximate surface area is 278 Å². The number of rotatable bonds is 11. The molecule has 0 unspecified atom stereocenters. The van der Waals surface area contributed by atoms with Crippen LogP contribution in [0.1, 0.15) is 68.2 Å². The lowest BCUT2D eigenvalue weighted by Crippen LogP contribution is -2.68. The van der Waals surface area contributed by atoms with Crippen LogP contribution in [-0.2, 0) is 27.9 Å². The van der Waals surface area contributed by atoms with E-state index >= 15 is 0 Å². The van der Waals surface area contributed by atoms with Crippen molar-refractivity contribution in [3.8, 4) is 0 Å². The number of ether oxygens (including phenoxy) is 3. The summed E-state index contributed by atoms with van der Waals surface area (Å²) >= 11 is 0. The van der Waals surface area contributed by atoms with Crippen molar-refractivity contribution in [2.75, 3.05) is 13.7 Å². The van der Waals surface area contributed by atoms with Gasteiger partial charge in [0.15, 0.2) is 8.32 Å². The van der Waals surface area contributed by atoms with E-state index in [1.54, 1.807) is 6.08 Å². The van der Waals surface area contributed by atoms with Gasteiger partial charge < -0.3 is 28.2 Å². The molecule has 2 heterocycles. The highest BCUT2D eigenvalue weighted by Crippen LogP contribution is 2.46. The van der Waals surface area contributed by atoms with Crippen molar-refractivity contribution in [2.24, 2.45) is 0 Å². The lowest BCUT2D eigenvalue weighted by Gasteiger charge is -2.50. The van der Waals surface area contributed by atoms with Gasteiger partial charge in [0.1, 0.15) is 11.7 Å². The van der Waals surface area contributed by atoms with Gasteiger partial charge in [0, 0.05) is 18.9 Å². The highest BCUT2D eigenvalue weighted by Gasteiger charge is 2.57. The summed E-state index contributed by atoms with van der Waals surface area (Å²) in [4.78, 5) is 11.7. The predicted molar refractivity (Wildman–Crippen MR) is 189 cm³/mol. The van der Waals surface area contributed by atoms with Crippen molar-refractivity contribution in [3.05, 3.63) is 72.8 Å². The minimum Gasteiger partial charge on any atom is -0.466 e. The van der Waals surface area contributed by atoms with Crippen LogP contribution in [0.25, 0.3) is 0 Å². The van der Waals surface area contributed by atoms with Gasteiger partial charge in [-0.1, -0.05) is 102 Å². The van der Waals surface area contributed by atoms with E-state index in [-0.39, 0.29) is 22.3 Å². The fourth-order valence-electron chi connectivity index (χ4n) is 6.41. The molecule has 0 aromatic heterocycles. The first-order valence-corrected chi connectivity index (χ1v) is 21.3. The Morgan fingerprint density at radius 1 is 0.935 bits per heavy atom. The van der Waals surface area contributed by atoms with Crippen LogP contribution in [0.4, 0.5) is 0 Å². The largest absolute Gasteiger partial charge is 0.466 e. The van der Waals surface area contributed by atoms with Gasteiger partial charge in [-0.3, -0.25) is 0 Å². The first kappa shape index (κ1) is 36.7. The summed E-state index contributed by atoms with van der Waals surface area (Å²) in [5, 5.41) is 14.1. The SMILES string of the molecule is COC(=O)/C=C/[C@@]1(C)O[C@@H]1C[C@@H]1O[C@H](CO[Si](c2ccccc2)(c2ccccc2)C(C)(C)C)[C@@H](O[Si](C)(C)C(C)(C)C)C[C@@]1(C)O. The molecule has 2 fully saturated rings. The zero-order chi connectivity index (χ0) is 34.2. The van der Waals surface area contributed by atoms with Crippen LogP contribution in [0.5, 0.6) is 0 Å². The van der Waals surface area contributed by atoms with E-state index in [0.29, 0.717) is 19.4 Å². The lowest BCUT2D eigenvalue weighted by atomic mass is 9.83. The van der Waals surface area contributed by atoms with E-state index in [1.165, 1.54) is 23.6 Å². The third-order valence-electron chi connectivity index (χ3n) is 10.4. The fraction of sp³-hybridized carbons (Fsp3) is 0.595. The number of carbonyl (C=O) groups excluding carboxylic acids is 1. The van der Waals surface area contributed by atoms with Gasteiger partial charge >= 0.3 is 5.97 Å². The first-order valence-electron chi connectivity index (χ1n) is 16.5. The number of benzene rings is 2. The Hall–Kier alpha value is -2.12. The predicted octanol–water partition coefficient (Wildman–Crippen LogP) is 6.14. The molecule has 0 spiro atoms. The molecule has 7 nitrogen and oxygen atoms in total. The second-order valence-electron chi connectivity index (χ2n) is 16.0. The van der Waals surface area contributed by atoms with Crippen molar-refractivity contribution < 1.29 is 33.0 Å². The first-order chi connectivity index (χ1) is 21.3. The molecule has 9 heteroatoms. The number of aliphatic hydroxyl groups is 1. The van der Waals surface area contributed by atoms with Crippen molar-refractivity contribution >= 4 is 33.0 Å². The Balaban J connectivity index is 1.69. The quantitative estimate of drug-likeness (QED) is 0.133.